The fourth-order valence-corrected chi connectivity index (χ4v) is 4.64. The van der Waals surface area contributed by atoms with Crippen LogP contribution in [0.5, 0.6) is 0 Å². The average molecular weight is 667 g/mol. The number of hydrogen-bond donors (Lipinski definition) is 8. The maximum Gasteiger partial charge on any atom is 2.00 e. The molecule has 22 heteroatoms. The Labute approximate surface area is 224 Å². The number of rotatable bonds is 4. The Balaban J connectivity index is 0. The molecule has 0 spiro atoms. The van der Waals surface area contributed by atoms with E-state index in [0.29, 0.717) is 13.8 Å². The van der Waals surface area contributed by atoms with Gasteiger partial charge in [0.2, 0.25) is 10.2 Å². The first kappa shape index (κ1) is 39.2. The molecule has 3 aromatic rings. The van der Waals surface area contributed by atoms with E-state index in [0.717, 1.165) is 21.8 Å². The zero-order valence-corrected chi connectivity index (χ0v) is 23.7. The molecule has 2 heterocycles. The van der Waals surface area contributed by atoms with Crippen LogP contribution in [-0.2, 0) is 34.8 Å². The van der Waals surface area contributed by atoms with E-state index in [2.05, 4.69) is 34.2 Å². The second kappa shape index (κ2) is 13.6. The van der Waals surface area contributed by atoms with Crippen LogP contribution in [0.15, 0.2) is 48.8 Å². The van der Waals surface area contributed by atoms with Gasteiger partial charge in [0.15, 0.2) is 15.2 Å². The first-order valence-corrected chi connectivity index (χ1v) is 15.6. The van der Waals surface area contributed by atoms with Crippen LogP contribution >= 0.6 is 30.4 Å². The molecule has 0 aliphatic carbocycles. The van der Waals surface area contributed by atoms with Gasteiger partial charge in [0.05, 0.1) is 11.0 Å². The SMILES string of the molecule is C[C@](O)(P(=O)([O-])O)P(=O)(O)O.C[C@](O)(P(=O)([O-])O)P(=O)(O)O.O.[Ni+2].c1cnc2c(c1)ccc1cccnc12. The Kier molecular flexibility index (Phi) is 14.0. The second-order valence-electron chi connectivity index (χ2n) is 7.29. The molecular formula is C16H24N2NiO15P4. The molecule has 2 aromatic heterocycles. The van der Waals surface area contributed by atoms with E-state index in [1.807, 2.05) is 12.1 Å². The van der Waals surface area contributed by atoms with Crippen LogP contribution in [0.4, 0.5) is 0 Å². The third kappa shape index (κ3) is 9.30. The van der Waals surface area contributed by atoms with Crippen molar-refractivity contribution in [2.75, 3.05) is 0 Å². The molecule has 0 radical (unpaired) electrons. The third-order valence-electron chi connectivity index (χ3n) is 4.52. The first-order chi connectivity index (χ1) is 15.9. The number of fused-ring (bicyclic) bond motifs is 3. The summed E-state index contributed by atoms with van der Waals surface area (Å²) >= 11 is 0. The Morgan fingerprint density at radius 2 is 0.921 bits per heavy atom. The standard InChI is InChI=1S/C12H8N2.2C2H8O7P2.Ni.H2O/c1-3-9-5-6-10-4-2-8-14-12(10)11(9)13-7-1;2*1-2(3,10(4,5)6)11(7,8)9;;/h1-8H;2*3H,1H3,(H2,4,5,6)(H2,7,8,9);;1H2/q;;;+2;/p-2. The normalized spacial score (nSPS) is 17.8. The minimum absolute atomic E-state index is 0. The maximum absolute atomic E-state index is 10.2. The van der Waals surface area contributed by atoms with Crippen molar-refractivity contribution >= 4 is 52.2 Å². The van der Waals surface area contributed by atoms with Crippen molar-refractivity contribution < 1.29 is 89.6 Å². The van der Waals surface area contributed by atoms with E-state index in [9.17, 15) is 28.0 Å². The molecule has 1 aromatic carbocycles. The van der Waals surface area contributed by atoms with Crippen molar-refractivity contribution in [2.24, 2.45) is 0 Å². The van der Waals surface area contributed by atoms with Crippen LogP contribution in [0, 0.1) is 0 Å². The van der Waals surface area contributed by atoms with E-state index in [1.165, 1.54) is 0 Å². The van der Waals surface area contributed by atoms with Crippen LogP contribution in [-0.4, -0.2) is 65.2 Å². The van der Waals surface area contributed by atoms with Crippen molar-refractivity contribution in [3.8, 4) is 0 Å². The molecule has 3 rings (SSSR count). The number of aliphatic hydroxyl groups is 2. The monoisotopic (exact) mass is 666 g/mol. The van der Waals surface area contributed by atoms with E-state index in [1.54, 1.807) is 12.4 Å². The van der Waals surface area contributed by atoms with Crippen molar-refractivity contribution in [1.29, 1.82) is 0 Å². The Hall–Kier alpha value is -0.986. The van der Waals surface area contributed by atoms with E-state index in [-0.39, 0.29) is 22.0 Å². The summed E-state index contributed by atoms with van der Waals surface area (Å²) in [5, 5.41) is 12.7. The van der Waals surface area contributed by atoms with Crippen LogP contribution in [0.25, 0.3) is 21.8 Å². The molecule has 0 aliphatic rings. The van der Waals surface area contributed by atoms with Crippen LogP contribution in [0.3, 0.4) is 0 Å². The minimum Gasteiger partial charge on any atom is -0.776 e. The Bertz CT molecular complexity index is 1260. The second-order valence-corrected chi connectivity index (χ2v) is 15.7. The number of aromatic nitrogens is 2. The fraction of sp³-hybridized carbons (Fsp3) is 0.250. The number of pyridine rings is 2. The zero-order valence-electron chi connectivity index (χ0n) is 19.1. The third-order valence-corrected chi connectivity index (χ3v) is 11.9. The summed E-state index contributed by atoms with van der Waals surface area (Å²) in [6.45, 7) is 0.642. The number of benzene rings is 1. The van der Waals surface area contributed by atoms with Gasteiger partial charge < -0.3 is 64.0 Å². The van der Waals surface area contributed by atoms with Crippen LogP contribution < -0.4 is 9.79 Å². The quantitative estimate of drug-likeness (QED) is 0.0911. The summed E-state index contributed by atoms with van der Waals surface area (Å²) in [7, 11) is -21.4. The number of hydrogen-bond acceptors (Lipinski definition) is 10. The molecule has 38 heavy (non-hydrogen) atoms. The summed E-state index contributed by atoms with van der Waals surface area (Å²) in [5.41, 5.74) is 1.95. The molecule has 0 saturated carbocycles. The van der Waals surface area contributed by atoms with Crippen molar-refractivity contribution in [1.82, 2.24) is 9.97 Å². The molecular weight excluding hydrogens is 643 g/mol. The summed E-state index contributed by atoms with van der Waals surface area (Å²) in [4.78, 5) is 78.1. The molecule has 0 fully saturated rings. The van der Waals surface area contributed by atoms with Gasteiger partial charge in [-0.2, -0.15) is 0 Å². The van der Waals surface area contributed by atoms with Gasteiger partial charge in [0, 0.05) is 23.2 Å². The summed E-state index contributed by atoms with van der Waals surface area (Å²) in [6, 6.07) is 12.1. The molecule has 10 N–H and O–H groups in total. The topological polar surface area (TPSA) is 334 Å². The van der Waals surface area contributed by atoms with Gasteiger partial charge in [-0.1, -0.05) is 24.3 Å². The average Bonchev–Trinajstić information content (AvgIpc) is 2.71. The molecule has 218 valence electrons. The predicted molar refractivity (Wildman–Crippen MR) is 126 cm³/mol. The molecule has 0 saturated heterocycles. The maximum atomic E-state index is 10.2. The summed E-state index contributed by atoms with van der Waals surface area (Å²) < 4.78 is 40.7. The van der Waals surface area contributed by atoms with Gasteiger partial charge in [-0.15, -0.1) is 0 Å². The molecule has 2 unspecified atom stereocenters. The zero-order chi connectivity index (χ0) is 28.4. The van der Waals surface area contributed by atoms with Crippen LogP contribution in [0.1, 0.15) is 13.8 Å². The molecule has 17 nitrogen and oxygen atoms in total. The first-order valence-electron chi connectivity index (χ1n) is 9.17. The van der Waals surface area contributed by atoms with E-state index < -0.39 is 40.5 Å². The van der Waals surface area contributed by atoms with Gasteiger partial charge in [-0.3, -0.25) is 19.1 Å². The predicted octanol–water partition coefficient (Wildman–Crippen LogP) is -1.29. The molecule has 0 amide bonds. The Morgan fingerprint density at radius 3 is 1.11 bits per heavy atom. The van der Waals surface area contributed by atoms with E-state index >= 15 is 0 Å². The Morgan fingerprint density at radius 1 is 0.658 bits per heavy atom. The van der Waals surface area contributed by atoms with Crippen molar-refractivity contribution in [3.63, 3.8) is 0 Å². The van der Waals surface area contributed by atoms with Gasteiger partial charge in [-0.25, -0.2) is 0 Å². The largest absolute Gasteiger partial charge is 2.00 e. The van der Waals surface area contributed by atoms with Crippen molar-refractivity contribution in [3.05, 3.63) is 48.8 Å². The smallest absolute Gasteiger partial charge is 0.776 e. The summed E-state index contributed by atoms with van der Waals surface area (Å²) in [6.07, 6.45) is 3.60. The van der Waals surface area contributed by atoms with Gasteiger partial charge in [-0.05, 0) is 26.0 Å². The number of nitrogens with zero attached hydrogens (tertiary/aromatic N) is 2. The van der Waals surface area contributed by atoms with Gasteiger partial charge in [0.25, 0.3) is 0 Å². The molecule has 4 atom stereocenters. The van der Waals surface area contributed by atoms with Gasteiger partial charge >= 0.3 is 31.7 Å². The van der Waals surface area contributed by atoms with E-state index in [4.69, 9.17) is 39.6 Å². The fourth-order valence-electron chi connectivity index (χ4n) is 2.01. The van der Waals surface area contributed by atoms with Gasteiger partial charge in [0.1, 0.15) is 0 Å². The minimum atomic E-state index is -5.45. The molecule has 0 bridgehead atoms. The summed E-state index contributed by atoms with van der Waals surface area (Å²) in [5.74, 6) is 0. The van der Waals surface area contributed by atoms with Crippen LogP contribution in [0.2, 0.25) is 0 Å². The molecule has 0 aliphatic heterocycles. The van der Waals surface area contributed by atoms with Crippen molar-refractivity contribution in [2.45, 2.75) is 24.0 Å².